The van der Waals surface area contributed by atoms with E-state index < -0.39 is 10.9 Å². The van der Waals surface area contributed by atoms with E-state index in [0.717, 1.165) is 5.56 Å². The van der Waals surface area contributed by atoms with E-state index in [1.54, 1.807) is 35.7 Å². The van der Waals surface area contributed by atoms with E-state index >= 15 is 0 Å². The van der Waals surface area contributed by atoms with Crippen LogP contribution in [0, 0.1) is 15.9 Å². The Morgan fingerprint density at radius 3 is 2.35 bits per heavy atom. The molecule has 1 aromatic heterocycles. The SMILES string of the molecule is O=C(O)c1cc(-c2nc(-c3ccc(F)cc3)cs2)ccc1-c1ccccc1[N+](=O)[O-].[NaH]. The number of hydrogen-bond donors (Lipinski definition) is 1. The van der Waals surface area contributed by atoms with Crippen LogP contribution in [0.4, 0.5) is 10.1 Å². The number of halogens is 1. The predicted molar refractivity (Wildman–Crippen MR) is 119 cm³/mol. The van der Waals surface area contributed by atoms with Crippen LogP contribution in [0.5, 0.6) is 0 Å². The van der Waals surface area contributed by atoms with Crippen molar-refractivity contribution in [2.24, 2.45) is 0 Å². The molecule has 0 aliphatic carbocycles. The molecule has 0 saturated heterocycles. The van der Waals surface area contributed by atoms with Gasteiger partial charge in [0, 0.05) is 28.1 Å². The van der Waals surface area contributed by atoms with Gasteiger partial charge < -0.3 is 5.11 Å². The summed E-state index contributed by atoms with van der Waals surface area (Å²) in [5.41, 5.74) is 2.24. The van der Waals surface area contributed by atoms with E-state index in [1.807, 2.05) is 0 Å². The summed E-state index contributed by atoms with van der Waals surface area (Å²) in [7, 11) is 0. The van der Waals surface area contributed by atoms with E-state index in [0.29, 0.717) is 16.3 Å². The van der Waals surface area contributed by atoms with E-state index in [-0.39, 0.29) is 57.8 Å². The predicted octanol–water partition coefficient (Wildman–Crippen LogP) is 5.24. The third-order valence-corrected chi connectivity index (χ3v) is 5.42. The van der Waals surface area contributed by atoms with Gasteiger partial charge in [-0.15, -0.1) is 11.3 Å². The van der Waals surface area contributed by atoms with Crippen molar-refractivity contribution in [2.45, 2.75) is 0 Å². The molecule has 31 heavy (non-hydrogen) atoms. The van der Waals surface area contributed by atoms with Gasteiger partial charge in [0.05, 0.1) is 21.7 Å². The molecule has 150 valence electrons. The van der Waals surface area contributed by atoms with Crippen molar-refractivity contribution in [1.82, 2.24) is 4.98 Å². The maximum atomic E-state index is 13.1. The Kier molecular flexibility index (Phi) is 6.97. The van der Waals surface area contributed by atoms with Crippen molar-refractivity contribution >= 4 is 52.6 Å². The summed E-state index contributed by atoms with van der Waals surface area (Å²) in [6, 6.07) is 16.6. The normalized spacial score (nSPS) is 10.4. The van der Waals surface area contributed by atoms with Crippen molar-refractivity contribution in [3.05, 3.63) is 93.6 Å². The van der Waals surface area contributed by atoms with Gasteiger partial charge >= 0.3 is 35.5 Å². The van der Waals surface area contributed by atoms with Gasteiger partial charge in [-0.2, -0.15) is 0 Å². The van der Waals surface area contributed by atoms with Crippen molar-refractivity contribution in [3.63, 3.8) is 0 Å². The van der Waals surface area contributed by atoms with Crippen LogP contribution in [0.3, 0.4) is 0 Å². The van der Waals surface area contributed by atoms with Gasteiger partial charge in [0.2, 0.25) is 0 Å². The van der Waals surface area contributed by atoms with Crippen molar-refractivity contribution in [2.75, 3.05) is 0 Å². The first-order valence-corrected chi connectivity index (χ1v) is 9.65. The molecule has 0 aliphatic rings. The number of thiazole rings is 1. The Morgan fingerprint density at radius 1 is 1.00 bits per heavy atom. The number of para-hydroxylation sites is 1. The van der Waals surface area contributed by atoms with Crippen LogP contribution >= 0.6 is 11.3 Å². The molecule has 0 atom stereocenters. The number of rotatable bonds is 5. The zero-order valence-corrected chi connectivity index (χ0v) is 16.1. The summed E-state index contributed by atoms with van der Waals surface area (Å²) in [4.78, 5) is 27.2. The Labute approximate surface area is 202 Å². The average molecular weight is 444 g/mol. The maximum absolute atomic E-state index is 13.1. The number of nitrogens with zero attached hydrogens (tertiary/aromatic N) is 2. The van der Waals surface area contributed by atoms with Gasteiger partial charge in [-0.1, -0.05) is 24.3 Å². The van der Waals surface area contributed by atoms with Crippen molar-refractivity contribution in [1.29, 1.82) is 0 Å². The second kappa shape index (κ2) is 9.49. The van der Waals surface area contributed by atoms with Gasteiger partial charge in [-0.25, -0.2) is 14.2 Å². The number of hydrogen-bond acceptors (Lipinski definition) is 5. The zero-order chi connectivity index (χ0) is 21.3. The number of aromatic carboxylic acids is 1. The summed E-state index contributed by atoms with van der Waals surface area (Å²) in [6.07, 6.45) is 0. The summed E-state index contributed by atoms with van der Waals surface area (Å²) >= 11 is 1.33. The van der Waals surface area contributed by atoms with Crippen LogP contribution in [-0.4, -0.2) is 50.5 Å². The van der Waals surface area contributed by atoms with E-state index in [1.165, 1.54) is 47.7 Å². The van der Waals surface area contributed by atoms with Gasteiger partial charge in [0.15, 0.2) is 0 Å². The van der Waals surface area contributed by atoms with Crippen LogP contribution in [0.2, 0.25) is 0 Å². The third-order valence-electron chi connectivity index (χ3n) is 4.53. The minimum absolute atomic E-state index is 0. The van der Waals surface area contributed by atoms with Gasteiger partial charge in [0.25, 0.3) is 5.69 Å². The molecule has 1 N–H and O–H groups in total. The summed E-state index contributed by atoms with van der Waals surface area (Å²) < 4.78 is 13.1. The Balaban J connectivity index is 0.00000272. The monoisotopic (exact) mass is 444 g/mol. The molecule has 6 nitrogen and oxygen atoms in total. The number of aromatic nitrogens is 1. The molecule has 0 aliphatic heterocycles. The van der Waals surface area contributed by atoms with E-state index in [4.69, 9.17) is 0 Å². The van der Waals surface area contributed by atoms with Crippen molar-refractivity contribution < 1.29 is 19.2 Å². The molecule has 0 amide bonds. The number of carboxylic acids is 1. The van der Waals surface area contributed by atoms with Gasteiger partial charge in [-0.05, 0) is 36.4 Å². The molecular formula is C22H14FN2NaO4S. The molecule has 0 fully saturated rings. The fourth-order valence-corrected chi connectivity index (χ4v) is 3.94. The molecule has 3 aromatic carbocycles. The minimum atomic E-state index is -1.19. The number of nitro groups is 1. The molecule has 0 saturated carbocycles. The molecule has 1 heterocycles. The summed E-state index contributed by atoms with van der Waals surface area (Å²) in [5.74, 6) is -1.54. The topological polar surface area (TPSA) is 93.3 Å². The van der Waals surface area contributed by atoms with E-state index in [2.05, 4.69) is 4.98 Å². The van der Waals surface area contributed by atoms with Crippen LogP contribution in [0.25, 0.3) is 33.0 Å². The standard InChI is InChI=1S/C22H13FN2O4S.Na.H/c23-15-8-5-13(6-9-15)19-12-30-21(24-19)14-7-10-16(18(11-14)22(26)27)17-3-1-2-4-20(17)25(28)29;;/h1-12H,(H,26,27);;. The molecule has 9 heteroatoms. The first-order chi connectivity index (χ1) is 14.4. The second-order valence-electron chi connectivity index (χ2n) is 6.38. The first kappa shape index (κ1) is 22.8. The molecule has 4 aromatic rings. The summed E-state index contributed by atoms with van der Waals surface area (Å²) in [6.45, 7) is 0. The fourth-order valence-electron chi connectivity index (χ4n) is 3.11. The van der Waals surface area contributed by atoms with E-state index in [9.17, 15) is 24.4 Å². The average Bonchev–Trinajstić information content (AvgIpc) is 3.24. The van der Waals surface area contributed by atoms with Gasteiger partial charge in [-0.3, -0.25) is 10.1 Å². The Morgan fingerprint density at radius 2 is 1.68 bits per heavy atom. The third kappa shape index (κ3) is 4.72. The zero-order valence-electron chi connectivity index (χ0n) is 15.3. The second-order valence-corrected chi connectivity index (χ2v) is 7.24. The van der Waals surface area contributed by atoms with Gasteiger partial charge in [0.1, 0.15) is 10.8 Å². The number of nitro benzene ring substituents is 1. The number of carboxylic acid groups (broad SMARTS) is 1. The number of carbonyl (C=O) groups is 1. The molecule has 0 radical (unpaired) electrons. The molecular weight excluding hydrogens is 430 g/mol. The molecule has 0 spiro atoms. The number of benzene rings is 3. The van der Waals surface area contributed by atoms with Crippen molar-refractivity contribution in [3.8, 4) is 33.0 Å². The van der Waals surface area contributed by atoms with Crippen LogP contribution in [-0.2, 0) is 0 Å². The Bertz CT molecular complexity index is 1270. The first-order valence-electron chi connectivity index (χ1n) is 8.77. The molecule has 0 bridgehead atoms. The van der Waals surface area contributed by atoms with Crippen LogP contribution in [0.1, 0.15) is 10.4 Å². The summed E-state index contributed by atoms with van der Waals surface area (Å²) in [5, 5.41) is 23.5. The Hall–Kier alpha value is -2.91. The molecule has 4 rings (SSSR count). The fraction of sp³-hybridized carbons (Fsp3) is 0. The van der Waals surface area contributed by atoms with Crippen LogP contribution in [0.15, 0.2) is 72.1 Å². The molecule has 0 unspecified atom stereocenters. The quantitative estimate of drug-likeness (QED) is 0.258. The van der Waals surface area contributed by atoms with Crippen LogP contribution < -0.4 is 0 Å².